The van der Waals surface area contributed by atoms with Crippen molar-refractivity contribution in [1.82, 2.24) is 9.55 Å². The van der Waals surface area contributed by atoms with Gasteiger partial charge in [-0.2, -0.15) is 0 Å². The molecule has 1 aromatic rings. The van der Waals surface area contributed by atoms with E-state index in [4.69, 9.17) is 7.80 Å². The fourth-order valence-corrected chi connectivity index (χ4v) is 2.14. The molecule has 18 heavy (non-hydrogen) atoms. The zero-order valence-electron chi connectivity index (χ0n) is 9.02. The van der Waals surface area contributed by atoms with Gasteiger partial charge in [0.2, 0.25) is 0 Å². The van der Waals surface area contributed by atoms with Crippen LogP contribution in [0.1, 0.15) is 6.23 Å². The molecule has 0 aromatic carbocycles. The average molecular weight is 370 g/mol. The summed E-state index contributed by atoms with van der Waals surface area (Å²) in [7, 11) is 0. The van der Waals surface area contributed by atoms with Gasteiger partial charge in [-0.3, -0.25) is 14.3 Å². The number of aromatic amines is 1. The van der Waals surface area contributed by atoms with Crippen molar-refractivity contribution in [2.45, 2.75) is 24.5 Å². The molecule has 8 nitrogen and oxygen atoms in total. The van der Waals surface area contributed by atoms with Gasteiger partial charge in [-0.25, -0.2) is 4.79 Å². The molecule has 0 amide bonds. The third-order valence-electron chi connectivity index (χ3n) is 2.69. The summed E-state index contributed by atoms with van der Waals surface area (Å²) in [5, 5.41) is 19.5. The van der Waals surface area contributed by atoms with Crippen molar-refractivity contribution in [3.8, 4) is 0 Å². The topological polar surface area (TPSA) is 114 Å². The van der Waals surface area contributed by atoms with Gasteiger partial charge in [-0.1, -0.05) is 0 Å². The number of rotatable bonds is 3. The SMILES string of the molecule is O=c1ccn(C2OC(COI)C(O)C2O)c(=O)[nH]1. The Hall–Kier alpha value is -0.750. The van der Waals surface area contributed by atoms with E-state index in [1.165, 1.54) is 6.20 Å². The Labute approximate surface area is 115 Å². The van der Waals surface area contributed by atoms with Crippen LogP contribution in [0, 0.1) is 0 Å². The molecular formula is C9H11IN2O6. The number of hydrogen-bond acceptors (Lipinski definition) is 6. The number of nitrogens with one attached hydrogen (secondary N) is 1. The quantitative estimate of drug-likeness (QED) is 0.560. The molecule has 1 aromatic heterocycles. The molecule has 4 unspecified atom stereocenters. The van der Waals surface area contributed by atoms with E-state index < -0.39 is 35.8 Å². The molecule has 0 bridgehead atoms. The maximum Gasteiger partial charge on any atom is 0.330 e. The number of ether oxygens (including phenoxy) is 1. The highest BCUT2D eigenvalue weighted by Crippen LogP contribution is 2.28. The Morgan fingerprint density at radius 3 is 2.78 bits per heavy atom. The predicted molar refractivity (Wildman–Crippen MR) is 67.2 cm³/mol. The number of nitrogens with zero attached hydrogens (tertiary/aromatic N) is 1. The van der Waals surface area contributed by atoms with Crippen molar-refractivity contribution in [3.63, 3.8) is 0 Å². The number of aliphatic hydroxyl groups is 2. The number of H-pyrrole nitrogens is 1. The molecule has 4 atom stereocenters. The van der Waals surface area contributed by atoms with Crippen LogP contribution >= 0.6 is 23.0 Å². The highest BCUT2D eigenvalue weighted by Gasteiger charge is 2.44. The number of aromatic nitrogens is 2. The molecule has 0 radical (unpaired) electrons. The highest BCUT2D eigenvalue weighted by molar-refractivity contribution is 14.1. The second-order valence-electron chi connectivity index (χ2n) is 3.84. The molecule has 3 N–H and O–H groups in total. The van der Waals surface area contributed by atoms with Gasteiger partial charge >= 0.3 is 5.69 Å². The molecule has 2 heterocycles. The van der Waals surface area contributed by atoms with Gasteiger partial charge in [0.15, 0.2) is 6.23 Å². The molecule has 100 valence electrons. The predicted octanol–water partition coefficient (Wildman–Crippen LogP) is -1.48. The Balaban J connectivity index is 2.29. The monoisotopic (exact) mass is 370 g/mol. The van der Waals surface area contributed by atoms with Gasteiger partial charge in [0, 0.05) is 12.3 Å². The lowest BCUT2D eigenvalue weighted by Gasteiger charge is -2.16. The lowest BCUT2D eigenvalue weighted by Crippen LogP contribution is -2.37. The first-order valence-electron chi connectivity index (χ1n) is 5.11. The summed E-state index contributed by atoms with van der Waals surface area (Å²) < 4.78 is 11.2. The van der Waals surface area contributed by atoms with Crippen LogP contribution in [0.4, 0.5) is 0 Å². The fourth-order valence-electron chi connectivity index (χ4n) is 1.79. The van der Waals surface area contributed by atoms with Crippen molar-refractivity contribution in [1.29, 1.82) is 0 Å². The first-order chi connectivity index (χ1) is 8.54. The van der Waals surface area contributed by atoms with Crippen LogP contribution in [0.2, 0.25) is 0 Å². The minimum atomic E-state index is -1.27. The maximum atomic E-state index is 11.5. The zero-order chi connectivity index (χ0) is 13.3. The first-order valence-corrected chi connectivity index (χ1v) is 5.99. The van der Waals surface area contributed by atoms with E-state index in [1.807, 2.05) is 4.98 Å². The molecule has 1 aliphatic rings. The second kappa shape index (κ2) is 5.48. The summed E-state index contributed by atoms with van der Waals surface area (Å²) in [6.45, 7) is 0.0768. The normalized spacial score (nSPS) is 31.7. The summed E-state index contributed by atoms with van der Waals surface area (Å²) in [5.74, 6) is 0. The minimum absolute atomic E-state index is 0.0768. The summed E-state index contributed by atoms with van der Waals surface area (Å²) >= 11 is 1.64. The first kappa shape index (κ1) is 13.7. The van der Waals surface area contributed by atoms with E-state index in [9.17, 15) is 19.8 Å². The van der Waals surface area contributed by atoms with E-state index >= 15 is 0 Å². The summed E-state index contributed by atoms with van der Waals surface area (Å²) in [6.07, 6.45) is -3.02. The number of halogens is 1. The summed E-state index contributed by atoms with van der Waals surface area (Å²) in [6, 6.07) is 1.13. The van der Waals surface area contributed by atoms with Crippen molar-refractivity contribution >= 4 is 23.0 Å². The largest absolute Gasteiger partial charge is 0.387 e. The lowest BCUT2D eigenvalue weighted by atomic mass is 10.1. The van der Waals surface area contributed by atoms with Crippen LogP contribution in [-0.2, 0) is 7.80 Å². The van der Waals surface area contributed by atoms with E-state index in [-0.39, 0.29) is 6.61 Å². The second-order valence-corrected chi connectivity index (χ2v) is 4.46. The van der Waals surface area contributed by atoms with Gasteiger partial charge in [0.25, 0.3) is 5.56 Å². The van der Waals surface area contributed by atoms with Crippen molar-refractivity contribution in [2.75, 3.05) is 6.61 Å². The molecule has 2 rings (SSSR count). The molecule has 1 aliphatic heterocycles. The van der Waals surface area contributed by atoms with Gasteiger partial charge in [0.05, 0.1) is 6.61 Å². The fraction of sp³-hybridized carbons (Fsp3) is 0.556. The minimum Gasteiger partial charge on any atom is -0.387 e. The molecule has 9 heteroatoms. The van der Waals surface area contributed by atoms with Gasteiger partial charge in [0.1, 0.15) is 41.3 Å². The van der Waals surface area contributed by atoms with E-state index in [1.54, 1.807) is 23.0 Å². The van der Waals surface area contributed by atoms with Crippen LogP contribution in [0.5, 0.6) is 0 Å². The highest BCUT2D eigenvalue weighted by atomic mass is 127. The molecule has 1 saturated heterocycles. The molecule has 1 fully saturated rings. The standard InChI is InChI=1S/C9H11IN2O6/c10-17-3-4-6(14)7(15)8(18-4)12-2-1-5(13)11-9(12)16/h1-2,4,6-8,14-15H,3H2,(H,11,13,16). The van der Waals surface area contributed by atoms with E-state index in [2.05, 4.69) is 0 Å². The molecule has 0 aliphatic carbocycles. The summed E-state index contributed by atoms with van der Waals surface area (Å²) in [5.41, 5.74) is -1.26. The van der Waals surface area contributed by atoms with Gasteiger partial charge in [-0.05, 0) is 0 Å². The van der Waals surface area contributed by atoms with Crippen molar-refractivity contribution in [3.05, 3.63) is 33.1 Å². The molecule has 0 spiro atoms. The van der Waals surface area contributed by atoms with Gasteiger partial charge < -0.3 is 18.0 Å². The van der Waals surface area contributed by atoms with Crippen LogP contribution < -0.4 is 11.2 Å². The zero-order valence-corrected chi connectivity index (χ0v) is 11.2. The Morgan fingerprint density at radius 2 is 2.17 bits per heavy atom. The number of hydrogen-bond donors (Lipinski definition) is 3. The number of aliphatic hydroxyl groups excluding tert-OH is 2. The van der Waals surface area contributed by atoms with Crippen LogP contribution in [-0.4, -0.2) is 44.7 Å². The lowest BCUT2D eigenvalue weighted by molar-refractivity contribution is -0.0476. The van der Waals surface area contributed by atoms with E-state index in [0.29, 0.717) is 0 Å². The smallest absolute Gasteiger partial charge is 0.330 e. The molecule has 0 saturated carbocycles. The maximum absolute atomic E-state index is 11.5. The van der Waals surface area contributed by atoms with E-state index in [0.717, 1.165) is 10.6 Å². The third kappa shape index (κ3) is 2.49. The van der Waals surface area contributed by atoms with Crippen LogP contribution in [0.25, 0.3) is 0 Å². The van der Waals surface area contributed by atoms with Crippen LogP contribution in [0.3, 0.4) is 0 Å². The Bertz CT molecular complexity index is 528. The molecular weight excluding hydrogens is 359 g/mol. The van der Waals surface area contributed by atoms with Gasteiger partial charge in [-0.15, -0.1) is 0 Å². The van der Waals surface area contributed by atoms with Crippen molar-refractivity contribution < 1.29 is 18.0 Å². The Morgan fingerprint density at radius 1 is 1.44 bits per heavy atom. The summed E-state index contributed by atoms with van der Waals surface area (Å²) in [4.78, 5) is 24.5. The Kier molecular flexibility index (Phi) is 4.17. The average Bonchev–Trinajstić information content (AvgIpc) is 2.58. The van der Waals surface area contributed by atoms with Crippen molar-refractivity contribution in [2.24, 2.45) is 0 Å². The van der Waals surface area contributed by atoms with Crippen LogP contribution in [0.15, 0.2) is 21.9 Å². The third-order valence-corrected chi connectivity index (χ3v) is 3.05.